The number of hydrogen-bond donors (Lipinski definition) is 2. The Labute approximate surface area is 158 Å². The van der Waals surface area contributed by atoms with E-state index >= 15 is 0 Å². The zero-order valence-electron chi connectivity index (χ0n) is 16.2. The summed E-state index contributed by atoms with van der Waals surface area (Å²) in [7, 11) is 4.41. The third kappa shape index (κ3) is 7.04. The van der Waals surface area contributed by atoms with Crippen LogP contribution >= 0.6 is 0 Å². The highest BCUT2D eigenvalue weighted by molar-refractivity contribution is 5.95. The van der Waals surface area contributed by atoms with Crippen LogP contribution in [0.25, 0.3) is 0 Å². The van der Waals surface area contributed by atoms with E-state index in [4.69, 9.17) is 18.9 Å². The predicted molar refractivity (Wildman–Crippen MR) is 97.2 cm³/mol. The van der Waals surface area contributed by atoms with Crippen LogP contribution in [0.4, 0.5) is 4.79 Å². The molecule has 1 aromatic carbocycles. The second kappa shape index (κ2) is 10.9. The van der Waals surface area contributed by atoms with Crippen molar-refractivity contribution in [1.82, 2.24) is 10.6 Å². The molecule has 9 heteroatoms. The van der Waals surface area contributed by atoms with Crippen molar-refractivity contribution in [2.45, 2.75) is 32.7 Å². The highest BCUT2D eigenvalue weighted by Gasteiger charge is 2.17. The standard InChI is InChI=1S/C18H26N2O7/c1-6-11(2)19-18(23)20-15(21)10-27-16(22)9-12-7-13(24-3)17(26-5)14(8-12)25-4/h7-8,11H,6,9-10H2,1-5H3,(H2,19,20,21,23)/t11-/m0/s1. The molecule has 1 atom stereocenters. The highest BCUT2D eigenvalue weighted by atomic mass is 16.5. The molecule has 0 radical (unpaired) electrons. The molecule has 0 bridgehead atoms. The van der Waals surface area contributed by atoms with E-state index in [1.165, 1.54) is 21.3 Å². The first-order valence-electron chi connectivity index (χ1n) is 8.39. The first-order chi connectivity index (χ1) is 12.8. The Morgan fingerprint density at radius 1 is 1.04 bits per heavy atom. The van der Waals surface area contributed by atoms with Gasteiger partial charge in [0.25, 0.3) is 5.91 Å². The second-order valence-corrected chi connectivity index (χ2v) is 5.70. The summed E-state index contributed by atoms with van der Waals surface area (Å²) in [5, 5.41) is 4.67. The van der Waals surface area contributed by atoms with Crippen LogP contribution in [-0.2, 0) is 20.7 Å². The summed E-state index contributed by atoms with van der Waals surface area (Å²) in [6.07, 6.45) is 0.619. The summed E-state index contributed by atoms with van der Waals surface area (Å²) in [6, 6.07) is 2.53. The maximum absolute atomic E-state index is 12.0. The van der Waals surface area contributed by atoms with Gasteiger partial charge in [0.05, 0.1) is 27.8 Å². The molecule has 0 aliphatic rings. The number of imide groups is 1. The molecule has 2 N–H and O–H groups in total. The van der Waals surface area contributed by atoms with Crippen LogP contribution in [0.1, 0.15) is 25.8 Å². The Kier molecular flexibility index (Phi) is 8.91. The maximum Gasteiger partial charge on any atom is 0.321 e. The first-order valence-corrected chi connectivity index (χ1v) is 8.39. The van der Waals surface area contributed by atoms with Gasteiger partial charge in [-0.05, 0) is 31.0 Å². The fourth-order valence-electron chi connectivity index (χ4n) is 2.13. The summed E-state index contributed by atoms with van der Waals surface area (Å²) >= 11 is 0. The molecule has 0 heterocycles. The van der Waals surface area contributed by atoms with Crippen LogP contribution in [0.2, 0.25) is 0 Å². The second-order valence-electron chi connectivity index (χ2n) is 5.70. The van der Waals surface area contributed by atoms with Gasteiger partial charge in [-0.15, -0.1) is 0 Å². The van der Waals surface area contributed by atoms with Crippen molar-refractivity contribution in [3.8, 4) is 17.2 Å². The molecule has 0 aliphatic carbocycles. The van der Waals surface area contributed by atoms with Crippen molar-refractivity contribution >= 4 is 17.9 Å². The number of benzene rings is 1. The summed E-state index contributed by atoms with van der Waals surface area (Å²) < 4.78 is 20.5. The van der Waals surface area contributed by atoms with Gasteiger partial charge in [-0.2, -0.15) is 0 Å². The lowest BCUT2D eigenvalue weighted by Crippen LogP contribution is -2.44. The van der Waals surface area contributed by atoms with Gasteiger partial charge in [0.1, 0.15) is 0 Å². The topological polar surface area (TPSA) is 112 Å². The lowest BCUT2D eigenvalue weighted by molar-refractivity contribution is -0.147. The van der Waals surface area contributed by atoms with Crippen LogP contribution in [0, 0.1) is 0 Å². The molecule has 1 aromatic rings. The zero-order valence-corrected chi connectivity index (χ0v) is 16.2. The molecule has 0 saturated carbocycles. The monoisotopic (exact) mass is 382 g/mol. The van der Waals surface area contributed by atoms with Gasteiger partial charge in [-0.3, -0.25) is 14.9 Å². The average Bonchev–Trinajstić information content (AvgIpc) is 2.65. The molecular weight excluding hydrogens is 356 g/mol. The molecule has 0 spiro atoms. The zero-order chi connectivity index (χ0) is 20.4. The molecule has 150 valence electrons. The molecule has 9 nitrogen and oxygen atoms in total. The van der Waals surface area contributed by atoms with Gasteiger partial charge in [0, 0.05) is 6.04 Å². The van der Waals surface area contributed by atoms with Gasteiger partial charge >= 0.3 is 12.0 Å². The fraction of sp³-hybridized carbons (Fsp3) is 0.500. The predicted octanol–water partition coefficient (Wildman–Crippen LogP) is 1.42. The molecule has 0 fully saturated rings. The van der Waals surface area contributed by atoms with E-state index < -0.39 is 24.5 Å². The fourth-order valence-corrected chi connectivity index (χ4v) is 2.13. The van der Waals surface area contributed by atoms with Crippen LogP contribution in [-0.4, -0.2) is 51.9 Å². The SMILES string of the molecule is CC[C@H](C)NC(=O)NC(=O)COC(=O)Cc1cc(OC)c(OC)c(OC)c1. The van der Waals surface area contributed by atoms with Gasteiger partial charge < -0.3 is 24.3 Å². The van der Waals surface area contributed by atoms with Crippen LogP contribution in [0.15, 0.2) is 12.1 Å². The van der Waals surface area contributed by atoms with Crippen molar-refractivity contribution in [1.29, 1.82) is 0 Å². The van der Waals surface area contributed by atoms with Crippen LogP contribution in [0.3, 0.4) is 0 Å². The number of ether oxygens (including phenoxy) is 4. The number of methoxy groups -OCH3 is 3. The van der Waals surface area contributed by atoms with Gasteiger partial charge in [-0.25, -0.2) is 4.79 Å². The van der Waals surface area contributed by atoms with Crippen LogP contribution in [0.5, 0.6) is 17.2 Å². The van der Waals surface area contributed by atoms with E-state index in [0.29, 0.717) is 22.8 Å². The van der Waals surface area contributed by atoms with Gasteiger partial charge in [0.15, 0.2) is 18.1 Å². The van der Waals surface area contributed by atoms with Crippen molar-refractivity contribution in [3.63, 3.8) is 0 Å². The number of nitrogens with one attached hydrogen (secondary N) is 2. The number of hydrogen-bond acceptors (Lipinski definition) is 7. The molecule has 1 rings (SSSR count). The highest BCUT2D eigenvalue weighted by Crippen LogP contribution is 2.38. The summed E-state index contributed by atoms with van der Waals surface area (Å²) in [4.78, 5) is 35.2. The minimum absolute atomic E-state index is 0.0691. The number of amides is 3. The number of carbonyl (C=O) groups excluding carboxylic acids is 3. The Morgan fingerprint density at radius 2 is 1.63 bits per heavy atom. The Balaban J connectivity index is 2.60. The summed E-state index contributed by atoms with van der Waals surface area (Å²) in [6.45, 7) is 3.15. The summed E-state index contributed by atoms with van der Waals surface area (Å²) in [5.41, 5.74) is 0.560. The van der Waals surface area contributed by atoms with Crippen molar-refractivity contribution < 1.29 is 33.3 Å². The van der Waals surface area contributed by atoms with E-state index in [1.807, 2.05) is 13.8 Å². The molecule has 0 unspecified atom stereocenters. The van der Waals surface area contributed by atoms with Gasteiger partial charge in [-0.1, -0.05) is 6.92 Å². The smallest absolute Gasteiger partial charge is 0.321 e. The lowest BCUT2D eigenvalue weighted by atomic mass is 10.1. The number of carbonyl (C=O) groups is 3. The number of esters is 1. The Bertz CT molecular complexity index is 651. The van der Waals surface area contributed by atoms with Gasteiger partial charge in [0.2, 0.25) is 5.75 Å². The molecular formula is C18H26N2O7. The Morgan fingerprint density at radius 3 is 2.11 bits per heavy atom. The van der Waals surface area contributed by atoms with E-state index in [9.17, 15) is 14.4 Å². The lowest BCUT2D eigenvalue weighted by Gasteiger charge is -2.14. The average molecular weight is 382 g/mol. The maximum atomic E-state index is 12.0. The molecule has 27 heavy (non-hydrogen) atoms. The number of urea groups is 1. The van der Waals surface area contributed by atoms with E-state index in [-0.39, 0.29) is 12.5 Å². The minimum atomic E-state index is -0.714. The van der Waals surface area contributed by atoms with E-state index in [2.05, 4.69) is 10.6 Å². The first kappa shape index (κ1) is 22.1. The largest absolute Gasteiger partial charge is 0.493 e. The number of rotatable bonds is 9. The Hall–Kier alpha value is -2.97. The third-order valence-corrected chi connectivity index (χ3v) is 3.68. The van der Waals surface area contributed by atoms with Crippen LogP contribution < -0.4 is 24.8 Å². The normalized spacial score (nSPS) is 11.1. The summed E-state index contributed by atoms with van der Waals surface area (Å²) in [5.74, 6) is -0.141. The molecule has 0 aromatic heterocycles. The molecule has 3 amide bonds. The van der Waals surface area contributed by atoms with E-state index in [1.54, 1.807) is 12.1 Å². The molecule has 0 aliphatic heterocycles. The van der Waals surface area contributed by atoms with Crippen molar-refractivity contribution in [2.24, 2.45) is 0 Å². The quantitative estimate of drug-likeness (QED) is 0.621. The van der Waals surface area contributed by atoms with E-state index in [0.717, 1.165) is 6.42 Å². The molecule has 0 saturated heterocycles. The van der Waals surface area contributed by atoms with Crippen molar-refractivity contribution in [3.05, 3.63) is 17.7 Å². The third-order valence-electron chi connectivity index (χ3n) is 3.68. The van der Waals surface area contributed by atoms with Crippen molar-refractivity contribution in [2.75, 3.05) is 27.9 Å². The minimum Gasteiger partial charge on any atom is -0.493 e.